The lowest BCUT2D eigenvalue weighted by molar-refractivity contribution is -0.0916. The molecule has 0 amide bonds. The van der Waals surface area contributed by atoms with E-state index in [2.05, 4.69) is 6.92 Å². The zero-order valence-electron chi connectivity index (χ0n) is 10.3. The minimum absolute atomic E-state index is 0.0364. The Hall–Kier alpha value is -0.200. The molecule has 2 rings (SSSR count). The summed E-state index contributed by atoms with van der Waals surface area (Å²) in [5.41, 5.74) is 0. The number of aliphatic hydroxyl groups is 1. The average molecular weight is 246 g/mol. The molecule has 0 aromatic carbocycles. The van der Waals surface area contributed by atoms with Gasteiger partial charge in [-0.25, -0.2) is 0 Å². The molecule has 1 N–H and O–H groups in total. The predicted molar refractivity (Wildman–Crippen MR) is 60.7 cm³/mol. The molecule has 4 atom stereocenters. The molecule has 0 radical (unpaired) electrons. The number of unbranched alkanes of at least 4 members (excludes halogenated alkanes) is 1. The van der Waals surface area contributed by atoms with Crippen molar-refractivity contribution in [3.63, 3.8) is 0 Å². The molecule has 5 heteroatoms. The maximum absolute atomic E-state index is 9.73. The van der Waals surface area contributed by atoms with Crippen LogP contribution in [-0.2, 0) is 18.9 Å². The number of hydrogen-bond donors (Lipinski definition) is 1. The van der Waals surface area contributed by atoms with E-state index in [0.717, 1.165) is 19.4 Å². The summed E-state index contributed by atoms with van der Waals surface area (Å²) in [5, 5.41) is 9.73. The first-order valence-corrected chi connectivity index (χ1v) is 6.43. The molecule has 0 saturated carbocycles. The highest BCUT2D eigenvalue weighted by molar-refractivity contribution is 4.89. The Kier molecular flexibility index (Phi) is 5.18. The van der Waals surface area contributed by atoms with Gasteiger partial charge in [-0.2, -0.15) is 0 Å². The Balaban J connectivity index is 1.60. The maximum atomic E-state index is 9.73. The van der Waals surface area contributed by atoms with Crippen molar-refractivity contribution >= 4 is 0 Å². The molecule has 2 fully saturated rings. The van der Waals surface area contributed by atoms with Crippen LogP contribution in [0.1, 0.15) is 19.8 Å². The Morgan fingerprint density at radius 3 is 2.82 bits per heavy atom. The van der Waals surface area contributed by atoms with Crippen LogP contribution in [0.25, 0.3) is 0 Å². The molecule has 0 aromatic heterocycles. The van der Waals surface area contributed by atoms with Crippen LogP contribution in [0, 0.1) is 5.92 Å². The van der Waals surface area contributed by atoms with Gasteiger partial charge in [0, 0.05) is 6.61 Å². The third-order valence-electron chi connectivity index (χ3n) is 3.25. The van der Waals surface area contributed by atoms with E-state index in [-0.39, 0.29) is 18.3 Å². The topological polar surface area (TPSA) is 57.2 Å². The summed E-state index contributed by atoms with van der Waals surface area (Å²) in [6.45, 7) is 4.93. The lowest BCUT2D eigenvalue weighted by Gasteiger charge is -2.18. The highest BCUT2D eigenvalue weighted by atomic mass is 16.7. The van der Waals surface area contributed by atoms with Gasteiger partial charge in [0.25, 0.3) is 0 Å². The molecular weight excluding hydrogens is 224 g/mol. The summed E-state index contributed by atoms with van der Waals surface area (Å²) in [4.78, 5) is 0. The molecule has 17 heavy (non-hydrogen) atoms. The quantitative estimate of drug-likeness (QED) is 0.665. The normalized spacial score (nSPS) is 36.4. The molecule has 2 aliphatic heterocycles. The van der Waals surface area contributed by atoms with E-state index in [4.69, 9.17) is 18.9 Å². The molecule has 0 aliphatic carbocycles. The number of hydrogen-bond acceptors (Lipinski definition) is 5. The van der Waals surface area contributed by atoms with E-state index in [9.17, 15) is 5.11 Å². The summed E-state index contributed by atoms with van der Waals surface area (Å²) >= 11 is 0. The average Bonchev–Trinajstić information content (AvgIpc) is 2.88. The SMILES string of the molecule is CCCCOCCO[C@H]1CO[C@@H]2OC[C@H](O)[C@@H]21. The second kappa shape index (κ2) is 6.66. The molecular formula is C12H22O5. The zero-order chi connectivity index (χ0) is 12.1. The molecule has 5 nitrogen and oxygen atoms in total. The van der Waals surface area contributed by atoms with Crippen molar-refractivity contribution in [1.82, 2.24) is 0 Å². The molecule has 0 bridgehead atoms. The van der Waals surface area contributed by atoms with Crippen molar-refractivity contribution in [2.24, 2.45) is 5.92 Å². The summed E-state index contributed by atoms with van der Waals surface area (Å²) in [6, 6.07) is 0. The monoisotopic (exact) mass is 246 g/mol. The number of aliphatic hydroxyl groups excluding tert-OH is 1. The third kappa shape index (κ3) is 3.39. The molecule has 0 aromatic rings. The first-order chi connectivity index (χ1) is 8.33. The van der Waals surface area contributed by atoms with Crippen LogP contribution in [0.4, 0.5) is 0 Å². The Morgan fingerprint density at radius 2 is 2.00 bits per heavy atom. The smallest absolute Gasteiger partial charge is 0.165 e. The lowest BCUT2D eigenvalue weighted by atomic mass is 10.0. The highest BCUT2D eigenvalue weighted by Gasteiger charge is 2.47. The standard InChI is InChI=1S/C12H22O5/c1-2-3-4-14-5-6-15-10-8-17-12-11(10)9(13)7-16-12/h9-13H,2-8H2,1H3/t9-,10-,11+,12-/m0/s1. The Morgan fingerprint density at radius 1 is 1.18 bits per heavy atom. The summed E-state index contributed by atoms with van der Waals surface area (Å²) in [7, 11) is 0. The van der Waals surface area contributed by atoms with E-state index < -0.39 is 6.10 Å². The van der Waals surface area contributed by atoms with Crippen LogP contribution in [0.5, 0.6) is 0 Å². The van der Waals surface area contributed by atoms with Gasteiger partial charge in [-0.15, -0.1) is 0 Å². The number of rotatable bonds is 7. The van der Waals surface area contributed by atoms with Crippen LogP contribution < -0.4 is 0 Å². The minimum Gasteiger partial charge on any atom is -0.390 e. The van der Waals surface area contributed by atoms with Gasteiger partial charge in [-0.3, -0.25) is 0 Å². The fourth-order valence-corrected chi connectivity index (χ4v) is 2.25. The van der Waals surface area contributed by atoms with Gasteiger partial charge >= 0.3 is 0 Å². The van der Waals surface area contributed by atoms with Gasteiger partial charge < -0.3 is 24.1 Å². The fraction of sp³-hybridized carbons (Fsp3) is 1.00. The van der Waals surface area contributed by atoms with Gasteiger partial charge in [0.05, 0.1) is 44.6 Å². The van der Waals surface area contributed by atoms with Crippen LogP contribution in [0.2, 0.25) is 0 Å². The van der Waals surface area contributed by atoms with Gasteiger partial charge in [-0.05, 0) is 6.42 Å². The molecule has 2 heterocycles. The Bertz CT molecular complexity index is 223. The van der Waals surface area contributed by atoms with Crippen molar-refractivity contribution in [3.05, 3.63) is 0 Å². The van der Waals surface area contributed by atoms with Crippen molar-refractivity contribution < 1.29 is 24.1 Å². The van der Waals surface area contributed by atoms with E-state index >= 15 is 0 Å². The molecule has 0 unspecified atom stereocenters. The lowest BCUT2D eigenvalue weighted by Crippen LogP contribution is -2.32. The molecule has 100 valence electrons. The predicted octanol–water partition coefficient (Wildman–Crippen LogP) is 0.552. The zero-order valence-corrected chi connectivity index (χ0v) is 10.3. The first kappa shape index (κ1) is 13.2. The summed E-state index contributed by atoms with van der Waals surface area (Å²) in [6.07, 6.45) is 1.42. The van der Waals surface area contributed by atoms with Gasteiger partial charge in [0.15, 0.2) is 6.29 Å². The van der Waals surface area contributed by atoms with Crippen LogP contribution in [0.15, 0.2) is 0 Å². The summed E-state index contributed by atoms with van der Waals surface area (Å²) in [5.74, 6) is -0.0364. The Labute approximate surface area is 102 Å². The van der Waals surface area contributed by atoms with Crippen molar-refractivity contribution in [3.8, 4) is 0 Å². The van der Waals surface area contributed by atoms with E-state index in [1.165, 1.54) is 0 Å². The van der Waals surface area contributed by atoms with Crippen LogP contribution in [-0.4, -0.2) is 56.6 Å². The van der Waals surface area contributed by atoms with Crippen molar-refractivity contribution in [1.29, 1.82) is 0 Å². The summed E-state index contributed by atoms with van der Waals surface area (Å²) < 4.78 is 21.8. The third-order valence-corrected chi connectivity index (χ3v) is 3.25. The van der Waals surface area contributed by atoms with Crippen molar-refractivity contribution in [2.75, 3.05) is 33.0 Å². The van der Waals surface area contributed by atoms with Crippen LogP contribution >= 0.6 is 0 Å². The van der Waals surface area contributed by atoms with Gasteiger partial charge in [0.2, 0.25) is 0 Å². The maximum Gasteiger partial charge on any atom is 0.165 e. The van der Waals surface area contributed by atoms with Gasteiger partial charge in [0.1, 0.15) is 0 Å². The van der Waals surface area contributed by atoms with E-state index in [0.29, 0.717) is 26.4 Å². The van der Waals surface area contributed by atoms with Gasteiger partial charge in [-0.1, -0.05) is 13.3 Å². The van der Waals surface area contributed by atoms with E-state index in [1.807, 2.05) is 0 Å². The molecule has 2 aliphatic rings. The molecule has 2 saturated heterocycles. The minimum atomic E-state index is -0.464. The molecule has 0 spiro atoms. The second-order valence-electron chi connectivity index (χ2n) is 4.55. The second-order valence-corrected chi connectivity index (χ2v) is 4.55. The fourth-order valence-electron chi connectivity index (χ4n) is 2.25. The van der Waals surface area contributed by atoms with Crippen LogP contribution in [0.3, 0.4) is 0 Å². The van der Waals surface area contributed by atoms with Crippen molar-refractivity contribution in [2.45, 2.75) is 38.3 Å². The number of ether oxygens (including phenoxy) is 4. The highest BCUT2D eigenvalue weighted by Crippen LogP contribution is 2.33. The first-order valence-electron chi connectivity index (χ1n) is 6.43. The number of fused-ring (bicyclic) bond motifs is 1. The van der Waals surface area contributed by atoms with E-state index in [1.54, 1.807) is 0 Å². The largest absolute Gasteiger partial charge is 0.390 e.